The Hall–Kier alpha value is -3.67. The number of ether oxygens (including phenoxy) is 2. The predicted octanol–water partition coefficient (Wildman–Crippen LogP) is 4.18. The maximum atomic E-state index is 13.2. The molecule has 1 N–H and O–H groups in total. The number of allylic oxidation sites excluding steroid dienone is 3. The lowest BCUT2D eigenvalue weighted by atomic mass is 9.75. The van der Waals surface area contributed by atoms with E-state index in [9.17, 15) is 14.4 Å². The molecule has 0 spiro atoms. The van der Waals surface area contributed by atoms with Crippen molar-refractivity contribution in [1.82, 2.24) is 5.32 Å². The number of rotatable bonds is 5. The van der Waals surface area contributed by atoms with Crippen molar-refractivity contribution in [3.8, 4) is 0 Å². The summed E-state index contributed by atoms with van der Waals surface area (Å²) >= 11 is 0. The molecule has 0 bridgehead atoms. The summed E-state index contributed by atoms with van der Waals surface area (Å²) in [5.41, 5.74) is 4.62. The molecule has 0 amide bonds. The van der Waals surface area contributed by atoms with Gasteiger partial charge in [0.25, 0.3) is 0 Å². The second-order valence-corrected chi connectivity index (χ2v) is 7.94. The Kier molecular flexibility index (Phi) is 6.21. The van der Waals surface area contributed by atoms with E-state index in [-0.39, 0.29) is 12.4 Å². The lowest BCUT2D eigenvalue weighted by Crippen LogP contribution is -2.34. The van der Waals surface area contributed by atoms with Gasteiger partial charge in [-0.25, -0.2) is 9.59 Å². The van der Waals surface area contributed by atoms with Crippen LogP contribution in [0.25, 0.3) is 0 Å². The molecule has 0 saturated carbocycles. The minimum absolute atomic E-state index is 0.0293. The Bertz CT molecular complexity index is 1110. The molecule has 0 radical (unpaired) electrons. The topological polar surface area (TPSA) is 81.7 Å². The SMILES string of the molecule is COC(=O)c1ccc(C2C(C(=O)OCc3ccccc3)=C(C)NC3=C2C(=O)CCC3)cc1. The summed E-state index contributed by atoms with van der Waals surface area (Å²) in [6.45, 7) is 1.97. The van der Waals surface area contributed by atoms with Crippen LogP contribution >= 0.6 is 0 Å². The van der Waals surface area contributed by atoms with E-state index in [1.807, 2.05) is 37.3 Å². The summed E-state index contributed by atoms with van der Waals surface area (Å²) in [6.07, 6.45) is 1.98. The number of ketones is 1. The van der Waals surface area contributed by atoms with E-state index in [0.717, 1.165) is 29.7 Å². The minimum atomic E-state index is -0.547. The third-order valence-corrected chi connectivity index (χ3v) is 5.87. The smallest absolute Gasteiger partial charge is 0.337 e. The second kappa shape index (κ2) is 9.22. The van der Waals surface area contributed by atoms with Crippen LogP contribution in [-0.2, 0) is 25.7 Å². The molecule has 2 aromatic rings. The predicted molar refractivity (Wildman–Crippen MR) is 118 cm³/mol. The fourth-order valence-corrected chi connectivity index (χ4v) is 4.32. The fourth-order valence-electron chi connectivity index (χ4n) is 4.32. The zero-order valence-electron chi connectivity index (χ0n) is 18.1. The third kappa shape index (κ3) is 4.21. The van der Waals surface area contributed by atoms with Crippen LogP contribution in [0, 0.1) is 0 Å². The van der Waals surface area contributed by atoms with Gasteiger partial charge >= 0.3 is 11.9 Å². The molecule has 0 aromatic heterocycles. The van der Waals surface area contributed by atoms with E-state index < -0.39 is 17.9 Å². The molecule has 164 valence electrons. The molecule has 6 heteroatoms. The maximum absolute atomic E-state index is 13.2. The molecule has 4 rings (SSSR count). The van der Waals surface area contributed by atoms with Crippen molar-refractivity contribution in [2.45, 2.75) is 38.7 Å². The highest BCUT2D eigenvalue weighted by molar-refractivity contribution is 6.03. The highest BCUT2D eigenvalue weighted by Gasteiger charge is 2.39. The number of nitrogens with one attached hydrogen (secondary N) is 1. The first-order valence-electron chi connectivity index (χ1n) is 10.6. The quantitative estimate of drug-likeness (QED) is 0.715. The van der Waals surface area contributed by atoms with Crippen LogP contribution in [0.3, 0.4) is 0 Å². The van der Waals surface area contributed by atoms with Crippen molar-refractivity contribution in [3.05, 3.63) is 93.8 Å². The van der Waals surface area contributed by atoms with Crippen LogP contribution in [0.15, 0.2) is 77.1 Å². The Morgan fingerprint density at radius 2 is 1.72 bits per heavy atom. The first-order chi connectivity index (χ1) is 15.5. The van der Waals surface area contributed by atoms with Gasteiger partial charge in [-0.2, -0.15) is 0 Å². The van der Waals surface area contributed by atoms with Gasteiger partial charge in [0.15, 0.2) is 5.78 Å². The zero-order valence-corrected chi connectivity index (χ0v) is 18.1. The van der Waals surface area contributed by atoms with Crippen LogP contribution in [0.4, 0.5) is 0 Å². The van der Waals surface area contributed by atoms with Crippen molar-refractivity contribution < 1.29 is 23.9 Å². The highest BCUT2D eigenvalue weighted by atomic mass is 16.5. The monoisotopic (exact) mass is 431 g/mol. The lowest BCUT2D eigenvalue weighted by Gasteiger charge is -2.34. The Labute approximate surface area is 186 Å². The molecule has 0 saturated heterocycles. The van der Waals surface area contributed by atoms with Crippen molar-refractivity contribution in [1.29, 1.82) is 0 Å². The Morgan fingerprint density at radius 3 is 2.41 bits per heavy atom. The highest BCUT2D eigenvalue weighted by Crippen LogP contribution is 2.42. The van der Waals surface area contributed by atoms with E-state index in [1.54, 1.807) is 24.3 Å². The zero-order chi connectivity index (χ0) is 22.7. The van der Waals surface area contributed by atoms with Crippen LogP contribution in [0.5, 0.6) is 0 Å². The van der Waals surface area contributed by atoms with Crippen molar-refractivity contribution in [2.24, 2.45) is 0 Å². The number of carbonyl (C=O) groups is 3. The number of benzene rings is 2. The van der Waals surface area contributed by atoms with Crippen LogP contribution in [0.1, 0.15) is 53.6 Å². The van der Waals surface area contributed by atoms with Gasteiger partial charge in [0.2, 0.25) is 0 Å². The van der Waals surface area contributed by atoms with Gasteiger partial charge in [-0.15, -0.1) is 0 Å². The van der Waals surface area contributed by atoms with E-state index >= 15 is 0 Å². The molecule has 1 unspecified atom stereocenters. The number of methoxy groups -OCH3 is 1. The Balaban J connectivity index is 1.70. The first-order valence-corrected chi connectivity index (χ1v) is 10.6. The van der Waals surface area contributed by atoms with E-state index in [0.29, 0.717) is 28.8 Å². The van der Waals surface area contributed by atoms with Gasteiger partial charge in [-0.1, -0.05) is 42.5 Å². The lowest BCUT2D eigenvalue weighted by molar-refractivity contribution is -0.140. The molecule has 1 atom stereocenters. The van der Waals surface area contributed by atoms with Crippen molar-refractivity contribution in [3.63, 3.8) is 0 Å². The van der Waals surface area contributed by atoms with Crippen LogP contribution in [-0.4, -0.2) is 24.8 Å². The summed E-state index contributed by atoms with van der Waals surface area (Å²) in [7, 11) is 1.33. The maximum Gasteiger partial charge on any atom is 0.337 e. The third-order valence-electron chi connectivity index (χ3n) is 5.87. The molecule has 2 aliphatic rings. The largest absolute Gasteiger partial charge is 0.465 e. The number of carbonyl (C=O) groups excluding carboxylic acids is 3. The van der Waals surface area contributed by atoms with Gasteiger partial charge in [0, 0.05) is 29.3 Å². The molecular formula is C26H25NO5. The standard InChI is InChI=1S/C26H25NO5/c1-16-22(26(30)32-15-17-7-4-3-5-8-17)23(24-20(27-16)9-6-10-21(24)28)18-11-13-19(14-12-18)25(29)31-2/h3-5,7-8,11-14,23,27H,6,9-10,15H2,1-2H3. The summed E-state index contributed by atoms with van der Waals surface area (Å²) in [5.74, 6) is -1.42. The van der Waals surface area contributed by atoms with Crippen molar-refractivity contribution >= 4 is 17.7 Å². The van der Waals surface area contributed by atoms with E-state index in [1.165, 1.54) is 7.11 Å². The summed E-state index contributed by atoms with van der Waals surface area (Å²) < 4.78 is 10.4. The summed E-state index contributed by atoms with van der Waals surface area (Å²) in [4.78, 5) is 38.0. The van der Waals surface area contributed by atoms with Crippen molar-refractivity contribution in [2.75, 3.05) is 7.11 Å². The van der Waals surface area contributed by atoms with E-state index in [2.05, 4.69) is 5.32 Å². The average molecular weight is 431 g/mol. The van der Waals surface area contributed by atoms with Crippen LogP contribution < -0.4 is 5.32 Å². The summed E-state index contributed by atoms with van der Waals surface area (Å²) in [5, 5.41) is 3.28. The number of hydrogen-bond acceptors (Lipinski definition) is 6. The van der Waals surface area contributed by atoms with E-state index in [4.69, 9.17) is 9.47 Å². The average Bonchev–Trinajstić information content (AvgIpc) is 2.82. The number of esters is 2. The molecule has 6 nitrogen and oxygen atoms in total. The second-order valence-electron chi connectivity index (χ2n) is 7.94. The van der Waals surface area contributed by atoms with Gasteiger partial charge in [0.05, 0.1) is 18.2 Å². The van der Waals surface area contributed by atoms with Gasteiger partial charge in [0.1, 0.15) is 6.61 Å². The molecule has 2 aromatic carbocycles. The number of Topliss-reactive ketones (excluding diaryl/α,β-unsaturated/α-hetero) is 1. The first kappa shape index (κ1) is 21.6. The molecule has 1 aliphatic carbocycles. The molecule has 1 heterocycles. The van der Waals surface area contributed by atoms with Crippen LogP contribution in [0.2, 0.25) is 0 Å². The number of dihydropyridines is 1. The molecule has 1 aliphatic heterocycles. The molecule has 32 heavy (non-hydrogen) atoms. The minimum Gasteiger partial charge on any atom is -0.465 e. The number of hydrogen-bond donors (Lipinski definition) is 1. The van der Waals surface area contributed by atoms with Gasteiger partial charge in [-0.3, -0.25) is 4.79 Å². The summed E-state index contributed by atoms with van der Waals surface area (Å²) in [6, 6.07) is 16.3. The Morgan fingerprint density at radius 1 is 1.00 bits per heavy atom. The molecular weight excluding hydrogens is 406 g/mol. The fraction of sp³-hybridized carbons (Fsp3) is 0.269. The molecule has 0 fully saturated rings. The normalized spacial score (nSPS) is 18.1. The van der Waals surface area contributed by atoms with Gasteiger partial charge in [-0.05, 0) is 43.0 Å². The van der Waals surface area contributed by atoms with Gasteiger partial charge < -0.3 is 14.8 Å².